The van der Waals surface area contributed by atoms with Gasteiger partial charge in [0.25, 0.3) is 5.91 Å². The Morgan fingerprint density at radius 3 is 2.13 bits per heavy atom. The van der Waals surface area contributed by atoms with Crippen LogP contribution in [0.3, 0.4) is 0 Å². The highest BCUT2D eigenvalue weighted by molar-refractivity contribution is 6.07. The van der Waals surface area contributed by atoms with Gasteiger partial charge in [0.15, 0.2) is 5.78 Å². The Hall–Kier alpha value is -2.88. The number of amides is 1. The molecular weight excluding hydrogens is 386 g/mol. The Morgan fingerprint density at radius 2 is 1.58 bits per heavy atom. The molecule has 2 rings (SSSR count). The van der Waals surface area contributed by atoms with E-state index in [-0.39, 0.29) is 17.8 Å². The van der Waals surface area contributed by atoms with Crippen LogP contribution >= 0.6 is 0 Å². The monoisotopic (exact) mass is 421 g/mol. The van der Waals surface area contributed by atoms with Crippen molar-refractivity contribution >= 4 is 17.8 Å². The van der Waals surface area contributed by atoms with Crippen LogP contribution in [0.2, 0.25) is 0 Å². The number of ketones is 1. The summed E-state index contributed by atoms with van der Waals surface area (Å²) in [7, 11) is 3.42. The van der Waals surface area contributed by atoms with Crippen LogP contribution in [0.25, 0.3) is 6.08 Å². The summed E-state index contributed by atoms with van der Waals surface area (Å²) in [6.07, 6.45) is 7.54. The lowest BCUT2D eigenvalue weighted by Gasteiger charge is -2.18. The maximum Gasteiger partial charge on any atom is 0.253 e. The quantitative estimate of drug-likeness (QED) is 0.350. The van der Waals surface area contributed by atoms with E-state index in [0.717, 1.165) is 37.0 Å². The van der Waals surface area contributed by atoms with Gasteiger partial charge in [0.1, 0.15) is 5.75 Å². The largest absolute Gasteiger partial charge is 0.490 e. The van der Waals surface area contributed by atoms with Crippen LogP contribution in [-0.4, -0.2) is 36.8 Å². The molecule has 0 aliphatic carbocycles. The molecule has 4 heteroatoms. The fourth-order valence-electron chi connectivity index (χ4n) is 3.47. The molecule has 0 fully saturated rings. The van der Waals surface area contributed by atoms with Crippen molar-refractivity contribution in [2.45, 2.75) is 59.5 Å². The summed E-state index contributed by atoms with van der Waals surface area (Å²) < 4.78 is 6.16. The van der Waals surface area contributed by atoms with E-state index >= 15 is 0 Å². The van der Waals surface area contributed by atoms with Crippen molar-refractivity contribution in [3.8, 4) is 5.75 Å². The fourth-order valence-corrected chi connectivity index (χ4v) is 3.47. The first kappa shape index (κ1) is 24.4. The molecule has 0 N–H and O–H groups in total. The molecule has 0 unspecified atom stereocenters. The van der Waals surface area contributed by atoms with Gasteiger partial charge >= 0.3 is 0 Å². The van der Waals surface area contributed by atoms with Crippen LogP contribution in [0.4, 0.5) is 0 Å². The molecule has 0 saturated carbocycles. The molecule has 0 spiro atoms. The van der Waals surface area contributed by atoms with Crippen LogP contribution in [0, 0.1) is 0 Å². The number of ether oxygens (including phenoxy) is 1. The van der Waals surface area contributed by atoms with E-state index in [2.05, 4.69) is 26.0 Å². The maximum absolute atomic E-state index is 12.8. The number of carbonyl (C=O) groups excluding carboxylic acids is 2. The summed E-state index contributed by atoms with van der Waals surface area (Å²) in [4.78, 5) is 26.3. The van der Waals surface area contributed by atoms with Gasteiger partial charge in [0, 0.05) is 30.8 Å². The summed E-state index contributed by atoms with van der Waals surface area (Å²) in [5, 5.41) is 0. The van der Waals surface area contributed by atoms with E-state index in [4.69, 9.17) is 4.74 Å². The number of allylic oxidation sites excluding steroid dienone is 1. The van der Waals surface area contributed by atoms with Crippen LogP contribution < -0.4 is 4.74 Å². The molecule has 0 atom stereocenters. The van der Waals surface area contributed by atoms with Gasteiger partial charge in [-0.15, -0.1) is 0 Å². The lowest BCUT2D eigenvalue weighted by molar-refractivity contribution is 0.0827. The minimum atomic E-state index is -0.0997. The van der Waals surface area contributed by atoms with Crippen molar-refractivity contribution in [2.24, 2.45) is 0 Å². The highest BCUT2D eigenvalue weighted by Crippen LogP contribution is 2.30. The van der Waals surface area contributed by atoms with Crippen molar-refractivity contribution in [1.29, 1.82) is 0 Å². The Balaban J connectivity index is 2.36. The van der Waals surface area contributed by atoms with Gasteiger partial charge in [-0.25, -0.2) is 0 Å². The number of nitrogens with zero attached hydrogens (tertiary/aromatic N) is 1. The minimum Gasteiger partial charge on any atom is -0.490 e. The van der Waals surface area contributed by atoms with E-state index in [1.165, 1.54) is 16.0 Å². The van der Waals surface area contributed by atoms with E-state index in [1.807, 2.05) is 19.9 Å². The van der Waals surface area contributed by atoms with E-state index in [0.29, 0.717) is 11.1 Å². The second-order valence-corrected chi connectivity index (χ2v) is 8.31. The van der Waals surface area contributed by atoms with Crippen LogP contribution in [0.1, 0.15) is 77.9 Å². The third-order valence-electron chi connectivity index (χ3n) is 4.90. The van der Waals surface area contributed by atoms with Gasteiger partial charge in [-0.05, 0) is 68.2 Å². The minimum absolute atomic E-state index is 0.0530. The average Bonchev–Trinajstić information content (AvgIpc) is 2.73. The molecule has 31 heavy (non-hydrogen) atoms. The Labute approximate surface area is 186 Å². The zero-order valence-electron chi connectivity index (χ0n) is 19.7. The molecule has 0 radical (unpaired) electrons. The summed E-state index contributed by atoms with van der Waals surface area (Å²) >= 11 is 0. The first-order valence-corrected chi connectivity index (χ1v) is 11.1. The standard InChI is InChI=1S/C27H35NO3/c1-7-9-20-17-23(10-8-2)26(31-19(3)4)24(18-20)15-16-25(29)21-11-13-22(14-12-21)27(30)28(5)6/h11-19H,7-10H2,1-6H3. The number of benzene rings is 2. The van der Waals surface area contributed by atoms with E-state index in [9.17, 15) is 9.59 Å². The predicted molar refractivity (Wildman–Crippen MR) is 128 cm³/mol. The van der Waals surface area contributed by atoms with Gasteiger partial charge in [-0.1, -0.05) is 44.9 Å². The molecule has 0 aliphatic heterocycles. The fraction of sp³-hybridized carbons (Fsp3) is 0.407. The zero-order chi connectivity index (χ0) is 23.0. The van der Waals surface area contributed by atoms with Crippen molar-refractivity contribution in [2.75, 3.05) is 14.1 Å². The number of aryl methyl sites for hydroxylation is 2. The van der Waals surface area contributed by atoms with Crippen molar-refractivity contribution in [1.82, 2.24) is 4.90 Å². The van der Waals surface area contributed by atoms with Crippen molar-refractivity contribution in [3.05, 3.63) is 70.3 Å². The highest BCUT2D eigenvalue weighted by Gasteiger charge is 2.13. The Morgan fingerprint density at radius 1 is 0.968 bits per heavy atom. The normalized spacial score (nSPS) is 11.2. The second-order valence-electron chi connectivity index (χ2n) is 8.31. The van der Waals surface area contributed by atoms with E-state index < -0.39 is 0 Å². The summed E-state index contributed by atoms with van der Waals surface area (Å²) in [5.74, 6) is 0.686. The highest BCUT2D eigenvalue weighted by atomic mass is 16.5. The third-order valence-corrected chi connectivity index (χ3v) is 4.90. The topological polar surface area (TPSA) is 46.6 Å². The summed E-state index contributed by atoms with van der Waals surface area (Å²) in [6.45, 7) is 8.37. The van der Waals surface area contributed by atoms with Crippen molar-refractivity contribution in [3.63, 3.8) is 0 Å². The molecule has 0 aromatic heterocycles. The third kappa shape index (κ3) is 6.81. The van der Waals surface area contributed by atoms with E-state index in [1.54, 1.807) is 44.4 Å². The number of rotatable bonds is 10. The molecule has 2 aromatic carbocycles. The summed E-state index contributed by atoms with van der Waals surface area (Å²) in [6, 6.07) is 11.2. The van der Waals surface area contributed by atoms with Crippen LogP contribution in [0.5, 0.6) is 5.75 Å². The van der Waals surface area contributed by atoms with Crippen LogP contribution in [0.15, 0.2) is 42.5 Å². The number of hydrogen-bond acceptors (Lipinski definition) is 3. The van der Waals surface area contributed by atoms with Crippen LogP contribution in [-0.2, 0) is 12.8 Å². The van der Waals surface area contributed by atoms with Gasteiger partial charge < -0.3 is 9.64 Å². The molecule has 1 amide bonds. The first-order chi connectivity index (χ1) is 14.8. The molecule has 0 aliphatic rings. The van der Waals surface area contributed by atoms with Gasteiger partial charge in [0.05, 0.1) is 6.10 Å². The predicted octanol–water partition coefficient (Wildman–Crippen LogP) is 5.98. The molecule has 0 saturated heterocycles. The molecule has 0 bridgehead atoms. The van der Waals surface area contributed by atoms with Gasteiger partial charge in [-0.2, -0.15) is 0 Å². The SMILES string of the molecule is CCCc1cc(C=CC(=O)c2ccc(C(=O)N(C)C)cc2)c(OC(C)C)c(CCC)c1. The lowest BCUT2D eigenvalue weighted by atomic mass is 9.97. The number of hydrogen-bond donors (Lipinski definition) is 0. The van der Waals surface area contributed by atoms with Crippen molar-refractivity contribution < 1.29 is 14.3 Å². The smallest absolute Gasteiger partial charge is 0.253 e. The molecule has 0 heterocycles. The van der Waals surface area contributed by atoms with Gasteiger partial charge in [-0.3, -0.25) is 9.59 Å². The van der Waals surface area contributed by atoms with Gasteiger partial charge in [0.2, 0.25) is 0 Å². The first-order valence-electron chi connectivity index (χ1n) is 11.1. The molecule has 166 valence electrons. The number of carbonyl (C=O) groups is 2. The Bertz CT molecular complexity index is 924. The molecule has 4 nitrogen and oxygen atoms in total. The molecular formula is C27H35NO3. The molecule has 2 aromatic rings. The lowest BCUT2D eigenvalue weighted by Crippen LogP contribution is -2.21. The second kappa shape index (κ2) is 11.5. The zero-order valence-corrected chi connectivity index (χ0v) is 19.7. The maximum atomic E-state index is 12.8. The summed E-state index contributed by atoms with van der Waals surface area (Å²) in [5.41, 5.74) is 4.52. The Kier molecular flexibility index (Phi) is 9.04. The average molecular weight is 422 g/mol.